The fraction of sp³-hybridized carbons (Fsp3) is 0.643. The fourth-order valence-corrected chi connectivity index (χ4v) is 2.08. The standard InChI is InChI=1S/C14H24FN3O2/c1-4-18(5-2)9-8-17-13(19)11-10-14(15,16)7-6-12(11)20-3/h6-7,10,12H,4-5,8-9,16H2,1-3H3,(H,17,19). The number of nitrogens with one attached hydrogen (secondary N) is 1. The summed E-state index contributed by atoms with van der Waals surface area (Å²) in [7, 11) is 1.47. The number of nitrogens with zero attached hydrogens (tertiary/aromatic N) is 1. The SMILES string of the molecule is CCN(CC)CCNC(=O)C1=CC(N)(F)C=CC1OC. The molecule has 0 aromatic rings. The summed E-state index contributed by atoms with van der Waals surface area (Å²) in [6.45, 7) is 7.23. The van der Waals surface area contributed by atoms with Crippen LogP contribution in [0.4, 0.5) is 4.39 Å². The van der Waals surface area contributed by atoms with Gasteiger partial charge < -0.3 is 15.0 Å². The molecule has 0 saturated heterocycles. The topological polar surface area (TPSA) is 67.6 Å². The Bertz CT molecular complexity index is 390. The monoisotopic (exact) mass is 285 g/mol. The van der Waals surface area contributed by atoms with E-state index in [1.807, 2.05) is 0 Å². The number of hydrogen-bond donors (Lipinski definition) is 2. The smallest absolute Gasteiger partial charge is 0.250 e. The number of rotatable bonds is 7. The molecule has 0 heterocycles. The van der Waals surface area contributed by atoms with Crippen molar-refractivity contribution in [2.45, 2.75) is 25.7 Å². The highest BCUT2D eigenvalue weighted by Crippen LogP contribution is 2.21. The van der Waals surface area contributed by atoms with Crippen molar-refractivity contribution in [3.05, 3.63) is 23.8 Å². The second-order valence-corrected chi connectivity index (χ2v) is 4.73. The van der Waals surface area contributed by atoms with E-state index in [1.165, 1.54) is 19.3 Å². The zero-order valence-electron chi connectivity index (χ0n) is 12.4. The van der Waals surface area contributed by atoms with Crippen LogP contribution >= 0.6 is 0 Å². The Morgan fingerprint density at radius 3 is 2.75 bits per heavy atom. The van der Waals surface area contributed by atoms with Crippen LogP contribution in [0, 0.1) is 0 Å². The molecule has 0 aromatic heterocycles. The molecule has 1 aliphatic rings. The Morgan fingerprint density at radius 2 is 2.20 bits per heavy atom. The second-order valence-electron chi connectivity index (χ2n) is 4.73. The number of nitrogens with two attached hydrogens (primary N) is 1. The number of carbonyl (C=O) groups is 1. The Hall–Kier alpha value is -1.24. The zero-order chi connectivity index (χ0) is 15.2. The fourth-order valence-electron chi connectivity index (χ4n) is 2.08. The van der Waals surface area contributed by atoms with Gasteiger partial charge in [0.25, 0.3) is 0 Å². The van der Waals surface area contributed by atoms with Gasteiger partial charge in [-0.05, 0) is 25.2 Å². The van der Waals surface area contributed by atoms with Crippen LogP contribution in [0.1, 0.15) is 13.8 Å². The van der Waals surface area contributed by atoms with Crippen molar-refractivity contribution < 1.29 is 13.9 Å². The lowest BCUT2D eigenvalue weighted by atomic mass is 9.98. The summed E-state index contributed by atoms with van der Waals surface area (Å²) >= 11 is 0. The maximum absolute atomic E-state index is 13.7. The number of amides is 1. The van der Waals surface area contributed by atoms with E-state index < -0.39 is 11.9 Å². The van der Waals surface area contributed by atoms with Gasteiger partial charge in [0, 0.05) is 20.2 Å². The molecule has 20 heavy (non-hydrogen) atoms. The first-order valence-corrected chi connectivity index (χ1v) is 6.86. The lowest BCUT2D eigenvalue weighted by Crippen LogP contribution is -2.41. The van der Waals surface area contributed by atoms with Gasteiger partial charge in [-0.15, -0.1) is 0 Å². The van der Waals surface area contributed by atoms with Gasteiger partial charge in [-0.3, -0.25) is 10.5 Å². The molecule has 2 unspecified atom stereocenters. The molecular weight excluding hydrogens is 261 g/mol. The minimum atomic E-state index is -2.10. The minimum absolute atomic E-state index is 0.208. The minimum Gasteiger partial charge on any atom is -0.372 e. The largest absolute Gasteiger partial charge is 0.372 e. The van der Waals surface area contributed by atoms with Crippen LogP contribution in [-0.2, 0) is 9.53 Å². The summed E-state index contributed by atoms with van der Waals surface area (Å²) in [6, 6.07) is 0. The van der Waals surface area contributed by atoms with Crippen LogP contribution in [0.25, 0.3) is 0 Å². The van der Waals surface area contributed by atoms with Crippen molar-refractivity contribution in [2.75, 3.05) is 33.3 Å². The summed E-state index contributed by atoms with van der Waals surface area (Å²) in [5, 5.41) is 2.77. The van der Waals surface area contributed by atoms with E-state index in [4.69, 9.17) is 10.5 Å². The van der Waals surface area contributed by atoms with Crippen LogP contribution in [0.2, 0.25) is 0 Å². The highest BCUT2D eigenvalue weighted by atomic mass is 19.1. The van der Waals surface area contributed by atoms with Gasteiger partial charge in [0.15, 0.2) is 5.79 Å². The Labute approximate surface area is 119 Å². The van der Waals surface area contributed by atoms with Crippen LogP contribution in [0.3, 0.4) is 0 Å². The third kappa shape index (κ3) is 4.70. The van der Waals surface area contributed by atoms with Crippen molar-refractivity contribution in [3.8, 4) is 0 Å². The first-order chi connectivity index (χ1) is 9.43. The van der Waals surface area contributed by atoms with Crippen molar-refractivity contribution in [3.63, 3.8) is 0 Å². The third-order valence-electron chi connectivity index (χ3n) is 3.33. The number of ether oxygens (including phenoxy) is 1. The number of likely N-dealkylation sites (N-methyl/N-ethyl adjacent to an activating group) is 1. The Morgan fingerprint density at radius 1 is 1.55 bits per heavy atom. The molecule has 0 spiro atoms. The van der Waals surface area contributed by atoms with E-state index in [0.717, 1.165) is 25.7 Å². The van der Waals surface area contributed by atoms with Gasteiger partial charge in [-0.1, -0.05) is 19.9 Å². The van der Waals surface area contributed by atoms with Crippen LogP contribution in [0.15, 0.2) is 23.8 Å². The van der Waals surface area contributed by atoms with E-state index >= 15 is 0 Å². The predicted molar refractivity (Wildman–Crippen MR) is 76.8 cm³/mol. The quantitative estimate of drug-likeness (QED) is 0.530. The molecule has 0 radical (unpaired) electrons. The van der Waals surface area contributed by atoms with Crippen molar-refractivity contribution in [2.24, 2.45) is 5.73 Å². The van der Waals surface area contributed by atoms with E-state index in [-0.39, 0.29) is 11.5 Å². The maximum Gasteiger partial charge on any atom is 0.250 e. The number of hydrogen-bond acceptors (Lipinski definition) is 4. The zero-order valence-corrected chi connectivity index (χ0v) is 12.4. The predicted octanol–water partition coefficient (Wildman–Crippen LogP) is 0.580. The van der Waals surface area contributed by atoms with E-state index in [1.54, 1.807) is 0 Å². The lowest BCUT2D eigenvalue weighted by molar-refractivity contribution is -0.118. The van der Waals surface area contributed by atoms with Gasteiger partial charge in [0.1, 0.15) is 6.10 Å². The molecular formula is C14H24FN3O2. The van der Waals surface area contributed by atoms with Gasteiger partial charge >= 0.3 is 0 Å². The van der Waals surface area contributed by atoms with Gasteiger partial charge in [0.05, 0.1) is 5.57 Å². The second kappa shape index (κ2) is 7.52. The van der Waals surface area contributed by atoms with Gasteiger partial charge in [-0.25, -0.2) is 4.39 Å². The highest BCUT2D eigenvalue weighted by Gasteiger charge is 2.29. The maximum atomic E-state index is 13.7. The number of halogens is 1. The first-order valence-electron chi connectivity index (χ1n) is 6.86. The summed E-state index contributed by atoms with van der Waals surface area (Å²) in [5.41, 5.74) is 5.58. The molecule has 0 bridgehead atoms. The number of alkyl halides is 1. The Kier molecular flexibility index (Phi) is 6.32. The lowest BCUT2D eigenvalue weighted by Gasteiger charge is -2.24. The van der Waals surface area contributed by atoms with Crippen molar-refractivity contribution in [1.82, 2.24) is 10.2 Å². The summed E-state index contributed by atoms with van der Waals surface area (Å²) in [5.74, 6) is -2.44. The molecule has 0 aliphatic heterocycles. The van der Waals surface area contributed by atoms with Gasteiger partial charge in [0.2, 0.25) is 5.91 Å². The molecule has 5 nitrogen and oxygen atoms in total. The Balaban J connectivity index is 2.59. The molecule has 1 aliphatic carbocycles. The summed E-state index contributed by atoms with van der Waals surface area (Å²) < 4.78 is 18.9. The molecule has 3 N–H and O–H groups in total. The normalized spacial score (nSPS) is 25.7. The van der Waals surface area contributed by atoms with Crippen molar-refractivity contribution >= 4 is 5.91 Å². The molecule has 0 aromatic carbocycles. The molecule has 0 fully saturated rings. The van der Waals surface area contributed by atoms with E-state index in [0.29, 0.717) is 6.54 Å². The first kappa shape index (κ1) is 16.8. The molecule has 114 valence electrons. The molecule has 0 saturated carbocycles. The average Bonchev–Trinajstić information content (AvgIpc) is 2.42. The van der Waals surface area contributed by atoms with Crippen LogP contribution < -0.4 is 11.1 Å². The van der Waals surface area contributed by atoms with Crippen molar-refractivity contribution in [1.29, 1.82) is 0 Å². The summed E-state index contributed by atoms with van der Waals surface area (Å²) in [4.78, 5) is 14.3. The third-order valence-corrected chi connectivity index (χ3v) is 3.33. The van der Waals surface area contributed by atoms with Crippen LogP contribution in [-0.4, -0.2) is 56.0 Å². The highest BCUT2D eigenvalue weighted by molar-refractivity contribution is 5.95. The van der Waals surface area contributed by atoms with Crippen LogP contribution in [0.5, 0.6) is 0 Å². The molecule has 1 amide bonds. The van der Waals surface area contributed by atoms with E-state index in [9.17, 15) is 9.18 Å². The number of methoxy groups -OCH3 is 1. The average molecular weight is 285 g/mol. The van der Waals surface area contributed by atoms with Gasteiger partial charge in [-0.2, -0.15) is 0 Å². The summed E-state index contributed by atoms with van der Waals surface area (Å²) in [6.07, 6.45) is 3.19. The number of carbonyl (C=O) groups excluding carboxylic acids is 1. The molecule has 2 atom stereocenters. The van der Waals surface area contributed by atoms with E-state index in [2.05, 4.69) is 24.1 Å². The molecule has 6 heteroatoms. The molecule has 1 rings (SSSR count).